The highest BCUT2D eigenvalue weighted by Gasteiger charge is 2.19. The Labute approximate surface area is 278 Å². The van der Waals surface area contributed by atoms with Crippen LogP contribution in [0.2, 0.25) is 5.02 Å². The summed E-state index contributed by atoms with van der Waals surface area (Å²) in [4.78, 5) is 18.5. The summed E-state index contributed by atoms with van der Waals surface area (Å²) < 4.78 is 20.7. The lowest BCUT2D eigenvalue weighted by molar-refractivity contribution is 0.283. The maximum Gasteiger partial charge on any atom is 0.282 e. The predicted octanol–water partition coefficient (Wildman–Crippen LogP) is 9.61. The average Bonchev–Trinajstić information content (AvgIpc) is 3.48. The van der Waals surface area contributed by atoms with E-state index in [1.165, 1.54) is 4.68 Å². The van der Waals surface area contributed by atoms with Crippen molar-refractivity contribution in [3.05, 3.63) is 133 Å². The predicted molar refractivity (Wildman–Crippen MR) is 186 cm³/mol. The summed E-state index contributed by atoms with van der Waals surface area (Å²) in [5.41, 5.74) is 2.48. The molecule has 0 radical (unpaired) electrons. The minimum Gasteiger partial charge on any atom is -0.493 e. The Morgan fingerprint density at radius 2 is 1.69 bits per heavy atom. The quantitative estimate of drug-likeness (QED) is 0.152. The van der Waals surface area contributed by atoms with Crippen molar-refractivity contribution in [1.82, 2.24) is 9.66 Å². The molecule has 0 bridgehead atoms. The topological polar surface area (TPSA) is 78.9 Å². The molecule has 7 rings (SSSR count). The highest BCUT2D eigenvalue weighted by molar-refractivity contribution is 9.13. The van der Waals surface area contributed by atoms with Gasteiger partial charge in [0.2, 0.25) is 5.82 Å². The van der Waals surface area contributed by atoms with Gasteiger partial charge in [0.1, 0.15) is 12.2 Å². The van der Waals surface area contributed by atoms with E-state index in [1.54, 1.807) is 61.9 Å². The van der Waals surface area contributed by atoms with Crippen LogP contribution in [0.3, 0.4) is 0 Å². The number of para-hydroxylation sites is 1. The summed E-state index contributed by atoms with van der Waals surface area (Å²) >= 11 is 13.6. The van der Waals surface area contributed by atoms with Gasteiger partial charge in [-0.2, -0.15) is 9.78 Å². The zero-order valence-corrected chi connectivity index (χ0v) is 27.6. The van der Waals surface area contributed by atoms with Gasteiger partial charge in [-0.25, -0.2) is 4.98 Å². The van der Waals surface area contributed by atoms with E-state index in [0.29, 0.717) is 59.9 Å². The molecule has 0 N–H and O–H groups in total. The van der Waals surface area contributed by atoms with Crippen molar-refractivity contribution in [3.63, 3.8) is 0 Å². The lowest BCUT2D eigenvalue weighted by Gasteiger charge is -2.16. The van der Waals surface area contributed by atoms with Crippen LogP contribution in [0.15, 0.2) is 120 Å². The van der Waals surface area contributed by atoms with Crippen LogP contribution in [0, 0.1) is 0 Å². The number of rotatable bonds is 7. The molecule has 5 aromatic carbocycles. The van der Waals surface area contributed by atoms with Gasteiger partial charge in [-0.05, 0) is 90.7 Å². The van der Waals surface area contributed by atoms with E-state index in [-0.39, 0.29) is 11.4 Å². The van der Waals surface area contributed by atoms with Gasteiger partial charge >= 0.3 is 0 Å². The van der Waals surface area contributed by atoms with E-state index in [1.807, 2.05) is 30.3 Å². The summed E-state index contributed by atoms with van der Waals surface area (Å²) in [6.45, 7) is 0.334. The molecule has 2 heterocycles. The Morgan fingerprint density at radius 1 is 0.911 bits per heavy atom. The minimum absolute atomic E-state index is 0.250. The number of nitrogens with zero attached hydrogens (tertiary/aromatic N) is 3. The van der Waals surface area contributed by atoms with Crippen LogP contribution in [0.4, 0.5) is 0 Å². The van der Waals surface area contributed by atoms with E-state index >= 15 is 0 Å². The molecule has 0 saturated carbocycles. The van der Waals surface area contributed by atoms with E-state index in [9.17, 15) is 4.79 Å². The molecule has 0 aliphatic rings. The first-order valence-corrected chi connectivity index (χ1v) is 15.8. The molecular weight excluding hydrogens is 722 g/mol. The van der Waals surface area contributed by atoms with Crippen molar-refractivity contribution < 1.29 is 13.9 Å². The molecule has 7 aromatic rings. The Balaban J connectivity index is 1.29. The Kier molecular flexibility index (Phi) is 7.91. The third-order valence-electron chi connectivity index (χ3n) is 7.39. The molecule has 0 aliphatic heterocycles. The van der Waals surface area contributed by atoms with Crippen molar-refractivity contribution in [2.24, 2.45) is 5.10 Å². The molecule has 0 amide bonds. The van der Waals surface area contributed by atoms with E-state index in [0.717, 1.165) is 21.7 Å². The van der Waals surface area contributed by atoms with Gasteiger partial charge in [0.25, 0.3) is 5.56 Å². The SMILES string of the molecule is COc1cc(C=Nn2c(-c3cc4cc(Cl)ccc4o3)nc3ccccc3c2=O)c(Br)c(Br)c1OCc1cccc2ccccc12. The van der Waals surface area contributed by atoms with E-state index in [4.69, 9.17) is 30.5 Å². The summed E-state index contributed by atoms with van der Waals surface area (Å²) in [7, 11) is 1.57. The number of furan rings is 1. The fourth-order valence-electron chi connectivity index (χ4n) is 5.19. The van der Waals surface area contributed by atoms with Gasteiger partial charge in [0.05, 0.1) is 28.7 Å². The Morgan fingerprint density at radius 3 is 2.53 bits per heavy atom. The number of ether oxygens (including phenoxy) is 2. The highest BCUT2D eigenvalue weighted by atomic mass is 79.9. The van der Waals surface area contributed by atoms with Gasteiger partial charge in [0.15, 0.2) is 17.3 Å². The number of halogens is 3. The maximum absolute atomic E-state index is 13.7. The first-order valence-electron chi connectivity index (χ1n) is 13.8. The van der Waals surface area contributed by atoms with Crippen molar-refractivity contribution in [2.75, 3.05) is 7.11 Å². The molecule has 222 valence electrons. The van der Waals surface area contributed by atoms with Gasteiger partial charge in [0, 0.05) is 20.4 Å². The Hall–Kier alpha value is -4.44. The molecule has 0 fully saturated rings. The van der Waals surface area contributed by atoms with Crippen LogP contribution in [-0.2, 0) is 6.61 Å². The molecule has 0 aliphatic carbocycles. The third kappa shape index (κ3) is 5.52. The van der Waals surface area contributed by atoms with Crippen molar-refractivity contribution >= 4 is 82.3 Å². The number of hydrogen-bond acceptors (Lipinski definition) is 6. The molecule has 2 aromatic heterocycles. The molecule has 45 heavy (non-hydrogen) atoms. The minimum atomic E-state index is -0.345. The van der Waals surface area contributed by atoms with Crippen LogP contribution in [0.1, 0.15) is 11.1 Å². The number of benzene rings is 5. The molecule has 0 atom stereocenters. The van der Waals surface area contributed by atoms with E-state index in [2.05, 4.69) is 55.2 Å². The zero-order chi connectivity index (χ0) is 31.1. The summed E-state index contributed by atoms with van der Waals surface area (Å²) in [6, 6.07) is 30.3. The fraction of sp³-hybridized carbons (Fsp3) is 0.0571. The summed E-state index contributed by atoms with van der Waals surface area (Å²) in [5, 5.41) is 8.65. The maximum atomic E-state index is 13.7. The summed E-state index contributed by atoms with van der Waals surface area (Å²) in [6.07, 6.45) is 1.56. The zero-order valence-electron chi connectivity index (χ0n) is 23.6. The van der Waals surface area contributed by atoms with Crippen molar-refractivity contribution in [2.45, 2.75) is 6.61 Å². The normalized spacial score (nSPS) is 11.6. The van der Waals surface area contributed by atoms with E-state index < -0.39 is 0 Å². The van der Waals surface area contributed by atoms with Gasteiger partial charge in [-0.15, -0.1) is 0 Å². The summed E-state index contributed by atoms with van der Waals surface area (Å²) in [5.74, 6) is 1.65. The first kappa shape index (κ1) is 29.3. The van der Waals surface area contributed by atoms with Gasteiger partial charge in [-0.3, -0.25) is 4.79 Å². The van der Waals surface area contributed by atoms with Gasteiger partial charge in [-0.1, -0.05) is 66.2 Å². The Bertz CT molecular complexity index is 2340. The average molecular weight is 744 g/mol. The second-order valence-electron chi connectivity index (χ2n) is 10.2. The smallest absolute Gasteiger partial charge is 0.282 e. The lowest BCUT2D eigenvalue weighted by Crippen LogP contribution is -2.20. The third-order valence-corrected chi connectivity index (χ3v) is 9.77. The van der Waals surface area contributed by atoms with Crippen LogP contribution < -0.4 is 15.0 Å². The molecule has 0 saturated heterocycles. The standard InChI is InChI=1S/C35H22Br2ClN3O4/c1-43-29-17-23(31(36)32(37)33(29)44-19-21-9-6-8-20-7-2-3-10-25(20)21)18-39-41-34(40-27-12-5-4-11-26(27)35(41)42)30-16-22-15-24(38)13-14-28(22)45-30/h2-18H,19H2,1H3. The lowest BCUT2D eigenvalue weighted by atomic mass is 10.1. The van der Waals surface area contributed by atoms with Gasteiger partial charge < -0.3 is 13.9 Å². The number of hydrogen-bond donors (Lipinski definition) is 0. The molecule has 10 heteroatoms. The molecule has 0 spiro atoms. The largest absolute Gasteiger partial charge is 0.493 e. The monoisotopic (exact) mass is 741 g/mol. The number of methoxy groups -OCH3 is 1. The second kappa shape index (κ2) is 12.2. The number of aromatic nitrogens is 2. The van der Waals surface area contributed by atoms with Crippen LogP contribution in [0.25, 0.3) is 44.2 Å². The highest BCUT2D eigenvalue weighted by Crippen LogP contribution is 2.43. The number of fused-ring (bicyclic) bond motifs is 3. The van der Waals surface area contributed by atoms with Crippen LogP contribution >= 0.6 is 43.5 Å². The van der Waals surface area contributed by atoms with Crippen molar-refractivity contribution in [1.29, 1.82) is 0 Å². The van der Waals surface area contributed by atoms with Crippen molar-refractivity contribution in [3.8, 4) is 23.1 Å². The molecule has 7 nitrogen and oxygen atoms in total. The molecule has 0 unspecified atom stereocenters. The first-order chi connectivity index (χ1) is 21.9. The molecular formula is C35H22Br2ClN3O4. The second-order valence-corrected chi connectivity index (χ2v) is 12.2. The fourth-order valence-corrected chi connectivity index (χ4v) is 6.30. The van der Waals surface area contributed by atoms with Crippen LogP contribution in [0.5, 0.6) is 11.5 Å². The van der Waals surface area contributed by atoms with Crippen LogP contribution in [-0.4, -0.2) is 23.0 Å².